The first-order valence-corrected chi connectivity index (χ1v) is 7.53. The van der Waals surface area contributed by atoms with Gasteiger partial charge in [-0.05, 0) is 30.7 Å². The summed E-state index contributed by atoms with van der Waals surface area (Å²) in [5.41, 5.74) is 1.05. The third-order valence-corrected chi connectivity index (χ3v) is 3.41. The summed E-state index contributed by atoms with van der Waals surface area (Å²) >= 11 is 0. The lowest BCUT2D eigenvalue weighted by molar-refractivity contribution is -0.137. The summed E-state index contributed by atoms with van der Waals surface area (Å²) in [5.74, 6) is -0.945. The Morgan fingerprint density at radius 1 is 1.00 bits per heavy atom. The minimum Gasteiger partial charge on any atom is -0.347 e. The van der Waals surface area contributed by atoms with Gasteiger partial charge in [-0.1, -0.05) is 35.9 Å². The van der Waals surface area contributed by atoms with Crippen LogP contribution in [0.1, 0.15) is 16.7 Å². The SMILES string of the molecule is Cc1ccc(CC(=O)NCC(=O)Nc2cccc(C(F)(F)F)c2)cc1. The Morgan fingerprint density at radius 2 is 1.68 bits per heavy atom. The highest BCUT2D eigenvalue weighted by Gasteiger charge is 2.30. The van der Waals surface area contributed by atoms with Gasteiger partial charge in [0.1, 0.15) is 0 Å². The van der Waals surface area contributed by atoms with Gasteiger partial charge < -0.3 is 10.6 Å². The molecule has 0 fully saturated rings. The van der Waals surface area contributed by atoms with E-state index in [1.807, 2.05) is 31.2 Å². The van der Waals surface area contributed by atoms with Crippen LogP contribution < -0.4 is 10.6 Å². The Labute approximate surface area is 143 Å². The van der Waals surface area contributed by atoms with Crippen LogP contribution in [-0.4, -0.2) is 18.4 Å². The molecule has 2 rings (SSSR count). The van der Waals surface area contributed by atoms with Crippen molar-refractivity contribution in [2.24, 2.45) is 0 Å². The number of carbonyl (C=O) groups excluding carboxylic acids is 2. The fraction of sp³-hybridized carbons (Fsp3) is 0.222. The zero-order chi connectivity index (χ0) is 18.4. The molecule has 0 atom stereocenters. The second-order valence-electron chi connectivity index (χ2n) is 5.57. The van der Waals surface area contributed by atoms with E-state index in [1.54, 1.807) is 0 Å². The van der Waals surface area contributed by atoms with Gasteiger partial charge in [0.15, 0.2) is 0 Å². The lowest BCUT2D eigenvalue weighted by atomic mass is 10.1. The van der Waals surface area contributed by atoms with E-state index in [0.29, 0.717) is 0 Å². The molecule has 2 amide bonds. The quantitative estimate of drug-likeness (QED) is 0.869. The normalized spacial score (nSPS) is 11.0. The Balaban J connectivity index is 1.84. The van der Waals surface area contributed by atoms with Crippen LogP contribution in [0.3, 0.4) is 0 Å². The average molecular weight is 350 g/mol. The Hall–Kier alpha value is -2.83. The number of rotatable bonds is 5. The minimum atomic E-state index is -4.48. The molecule has 0 radical (unpaired) electrons. The van der Waals surface area contributed by atoms with E-state index in [0.717, 1.165) is 23.3 Å². The standard InChI is InChI=1S/C18H17F3N2O2/c1-12-5-7-13(8-6-12)9-16(24)22-11-17(25)23-15-4-2-3-14(10-15)18(19,20)21/h2-8,10H,9,11H2,1H3,(H,22,24)(H,23,25). The Bertz CT molecular complexity index is 756. The lowest BCUT2D eigenvalue weighted by Gasteiger charge is -2.10. The van der Waals surface area contributed by atoms with Crippen LogP contribution in [0.4, 0.5) is 18.9 Å². The second-order valence-corrected chi connectivity index (χ2v) is 5.57. The molecule has 7 heteroatoms. The largest absolute Gasteiger partial charge is 0.416 e. The van der Waals surface area contributed by atoms with Gasteiger partial charge in [-0.3, -0.25) is 9.59 Å². The van der Waals surface area contributed by atoms with Crippen molar-refractivity contribution in [2.75, 3.05) is 11.9 Å². The number of benzene rings is 2. The van der Waals surface area contributed by atoms with Crippen LogP contribution in [0, 0.1) is 6.92 Å². The van der Waals surface area contributed by atoms with Crippen molar-refractivity contribution < 1.29 is 22.8 Å². The van der Waals surface area contributed by atoms with Crippen LogP contribution in [-0.2, 0) is 22.2 Å². The summed E-state index contributed by atoms with van der Waals surface area (Å²) in [6, 6.07) is 11.7. The van der Waals surface area contributed by atoms with E-state index in [-0.39, 0.29) is 24.6 Å². The summed E-state index contributed by atoms with van der Waals surface area (Å²) in [5, 5.41) is 4.76. The van der Waals surface area contributed by atoms with Crippen molar-refractivity contribution in [1.29, 1.82) is 0 Å². The molecule has 0 heterocycles. The molecule has 4 nitrogen and oxygen atoms in total. The molecular weight excluding hydrogens is 333 g/mol. The molecule has 25 heavy (non-hydrogen) atoms. The highest BCUT2D eigenvalue weighted by molar-refractivity contribution is 5.94. The lowest BCUT2D eigenvalue weighted by Crippen LogP contribution is -2.33. The number of halogens is 3. The van der Waals surface area contributed by atoms with Gasteiger partial charge >= 0.3 is 6.18 Å². The third-order valence-electron chi connectivity index (χ3n) is 3.41. The van der Waals surface area contributed by atoms with Crippen molar-refractivity contribution >= 4 is 17.5 Å². The maximum atomic E-state index is 12.6. The van der Waals surface area contributed by atoms with E-state index >= 15 is 0 Å². The molecule has 0 bridgehead atoms. The van der Waals surface area contributed by atoms with E-state index < -0.39 is 17.6 Å². The smallest absolute Gasteiger partial charge is 0.347 e. The van der Waals surface area contributed by atoms with Crippen LogP contribution in [0.2, 0.25) is 0 Å². The number of hydrogen-bond donors (Lipinski definition) is 2. The molecule has 0 unspecified atom stereocenters. The Kier molecular flexibility index (Phi) is 5.80. The zero-order valence-electron chi connectivity index (χ0n) is 13.5. The fourth-order valence-corrected chi connectivity index (χ4v) is 2.11. The summed E-state index contributed by atoms with van der Waals surface area (Å²) < 4.78 is 37.9. The molecule has 0 spiro atoms. The molecule has 0 aliphatic heterocycles. The first-order chi connectivity index (χ1) is 11.7. The summed E-state index contributed by atoms with van der Waals surface area (Å²) in [7, 11) is 0. The van der Waals surface area contributed by atoms with Crippen molar-refractivity contribution in [1.82, 2.24) is 5.32 Å². The number of hydrogen-bond acceptors (Lipinski definition) is 2. The maximum Gasteiger partial charge on any atom is 0.416 e. The van der Waals surface area contributed by atoms with E-state index in [9.17, 15) is 22.8 Å². The average Bonchev–Trinajstić information content (AvgIpc) is 2.55. The predicted octanol–water partition coefficient (Wildman–Crippen LogP) is 3.31. The number of alkyl halides is 3. The minimum absolute atomic E-state index is 0.0209. The van der Waals surface area contributed by atoms with Crippen molar-refractivity contribution in [3.05, 3.63) is 65.2 Å². The van der Waals surface area contributed by atoms with Crippen molar-refractivity contribution in [2.45, 2.75) is 19.5 Å². The van der Waals surface area contributed by atoms with Crippen molar-refractivity contribution in [3.8, 4) is 0 Å². The van der Waals surface area contributed by atoms with Crippen LogP contribution in [0.5, 0.6) is 0 Å². The van der Waals surface area contributed by atoms with Gasteiger partial charge in [0.05, 0.1) is 18.5 Å². The highest BCUT2D eigenvalue weighted by atomic mass is 19.4. The van der Waals surface area contributed by atoms with Gasteiger partial charge in [-0.15, -0.1) is 0 Å². The molecule has 0 aromatic heterocycles. The number of amides is 2. The molecule has 0 aliphatic rings. The summed E-state index contributed by atoms with van der Waals surface area (Å²) in [6.45, 7) is 1.61. The van der Waals surface area contributed by atoms with Gasteiger partial charge in [0.2, 0.25) is 11.8 Å². The van der Waals surface area contributed by atoms with Gasteiger partial charge in [-0.25, -0.2) is 0 Å². The van der Waals surface area contributed by atoms with Gasteiger partial charge in [0.25, 0.3) is 0 Å². The van der Waals surface area contributed by atoms with E-state index in [4.69, 9.17) is 0 Å². The fourth-order valence-electron chi connectivity index (χ4n) is 2.11. The molecule has 2 aromatic carbocycles. The topological polar surface area (TPSA) is 58.2 Å². The second kappa shape index (κ2) is 7.83. The molecule has 132 valence electrons. The summed E-state index contributed by atoms with van der Waals surface area (Å²) in [6.07, 6.45) is -4.36. The van der Waals surface area contributed by atoms with E-state index in [2.05, 4.69) is 10.6 Å². The predicted molar refractivity (Wildman–Crippen MR) is 88.0 cm³/mol. The van der Waals surface area contributed by atoms with Gasteiger partial charge in [0, 0.05) is 5.69 Å². The Morgan fingerprint density at radius 3 is 2.32 bits per heavy atom. The van der Waals surface area contributed by atoms with Gasteiger partial charge in [-0.2, -0.15) is 13.2 Å². The zero-order valence-corrected chi connectivity index (χ0v) is 13.5. The third kappa shape index (κ3) is 5.95. The number of aryl methyl sites for hydroxylation is 1. The first-order valence-electron chi connectivity index (χ1n) is 7.53. The maximum absolute atomic E-state index is 12.6. The number of nitrogens with one attached hydrogen (secondary N) is 2. The number of anilines is 1. The molecule has 0 saturated heterocycles. The summed E-state index contributed by atoms with van der Waals surface area (Å²) in [4.78, 5) is 23.6. The molecule has 0 saturated carbocycles. The molecule has 2 N–H and O–H groups in total. The molecule has 0 aliphatic carbocycles. The molecule has 2 aromatic rings. The number of carbonyl (C=O) groups is 2. The van der Waals surface area contributed by atoms with E-state index in [1.165, 1.54) is 12.1 Å². The molecular formula is C18H17F3N2O2. The monoisotopic (exact) mass is 350 g/mol. The van der Waals surface area contributed by atoms with Crippen LogP contribution >= 0.6 is 0 Å². The first kappa shape index (κ1) is 18.5. The van der Waals surface area contributed by atoms with Crippen LogP contribution in [0.15, 0.2) is 48.5 Å². The highest BCUT2D eigenvalue weighted by Crippen LogP contribution is 2.30. The van der Waals surface area contributed by atoms with Crippen LogP contribution in [0.25, 0.3) is 0 Å². The van der Waals surface area contributed by atoms with Crippen molar-refractivity contribution in [3.63, 3.8) is 0 Å².